The van der Waals surface area contributed by atoms with E-state index in [4.69, 9.17) is 39.5 Å². The van der Waals surface area contributed by atoms with Crippen LogP contribution in [0.4, 0.5) is 0 Å². The third-order valence-corrected chi connectivity index (χ3v) is 2.88. The van der Waals surface area contributed by atoms with Gasteiger partial charge >= 0.3 is 5.97 Å². The summed E-state index contributed by atoms with van der Waals surface area (Å²) in [6, 6.07) is 5.98. The van der Waals surface area contributed by atoms with E-state index in [1.54, 1.807) is 12.1 Å². The smallest absolute Gasteiger partial charge is 0.356 e. The van der Waals surface area contributed by atoms with Gasteiger partial charge in [0.25, 0.3) is 0 Å². The number of rotatable bonds is 3. The maximum absolute atomic E-state index is 11.4. The Kier molecular flexibility index (Phi) is 4.65. The molecule has 0 saturated carbocycles. The molecule has 8 heteroatoms. The van der Waals surface area contributed by atoms with Crippen molar-refractivity contribution >= 4 is 40.8 Å². The van der Waals surface area contributed by atoms with Crippen LogP contribution in [-0.2, 0) is 4.74 Å². The van der Waals surface area contributed by atoms with Gasteiger partial charge in [-0.2, -0.15) is 4.98 Å². The molecule has 1 heterocycles. The first-order valence-electron chi connectivity index (χ1n) is 5.25. The summed E-state index contributed by atoms with van der Waals surface area (Å²) >= 11 is 17.5. The van der Waals surface area contributed by atoms with E-state index in [-0.39, 0.29) is 16.9 Å². The van der Waals surface area contributed by atoms with Crippen LogP contribution < -0.4 is 4.74 Å². The first kappa shape index (κ1) is 14.8. The summed E-state index contributed by atoms with van der Waals surface area (Å²) < 4.78 is 10.00. The zero-order chi connectivity index (χ0) is 14.7. The highest BCUT2D eigenvalue weighted by Gasteiger charge is 2.13. The van der Waals surface area contributed by atoms with Crippen LogP contribution in [-0.4, -0.2) is 23.0 Å². The molecule has 0 N–H and O–H groups in total. The van der Waals surface area contributed by atoms with E-state index >= 15 is 0 Å². The van der Waals surface area contributed by atoms with Gasteiger partial charge in [0.05, 0.1) is 12.1 Å². The third kappa shape index (κ3) is 3.50. The Morgan fingerprint density at radius 2 is 1.90 bits per heavy atom. The highest BCUT2D eigenvalue weighted by atomic mass is 35.5. The molecule has 20 heavy (non-hydrogen) atoms. The Morgan fingerprint density at radius 1 is 1.15 bits per heavy atom. The molecule has 1 aromatic carbocycles. The van der Waals surface area contributed by atoms with Crippen molar-refractivity contribution in [3.63, 3.8) is 0 Å². The van der Waals surface area contributed by atoms with Crippen molar-refractivity contribution in [3.05, 3.63) is 45.3 Å². The fourth-order valence-corrected chi connectivity index (χ4v) is 1.95. The average Bonchev–Trinajstić information content (AvgIpc) is 2.40. The number of carbonyl (C=O) groups is 1. The van der Waals surface area contributed by atoms with Gasteiger partial charge in [-0.1, -0.05) is 23.2 Å². The largest absolute Gasteiger partial charge is 0.464 e. The third-order valence-electron chi connectivity index (χ3n) is 2.18. The second-order valence-corrected chi connectivity index (χ2v) is 4.71. The van der Waals surface area contributed by atoms with Crippen LogP contribution in [0.2, 0.25) is 15.3 Å². The van der Waals surface area contributed by atoms with Gasteiger partial charge in [-0.05, 0) is 29.8 Å². The standard InChI is InChI=1S/C12H7Cl3N2O3/c1-19-11(18)8-5-10(17-12(15)16-8)20-9-3-2-6(13)4-7(9)14/h2-5H,1H3. The molecule has 0 unspecified atom stereocenters. The highest BCUT2D eigenvalue weighted by molar-refractivity contribution is 6.35. The summed E-state index contributed by atoms with van der Waals surface area (Å²) in [6.45, 7) is 0. The lowest BCUT2D eigenvalue weighted by molar-refractivity contribution is 0.0593. The molecule has 5 nitrogen and oxygen atoms in total. The van der Waals surface area contributed by atoms with E-state index in [1.165, 1.54) is 19.2 Å². The Bertz CT molecular complexity index is 664. The van der Waals surface area contributed by atoms with Crippen LogP contribution in [0.25, 0.3) is 0 Å². The molecule has 0 bridgehead atoms. The van der Waals surface area contributed by atoms with Gasteiger partial charge in [0.2, 0.25) is 11.2 Å². The summed E-state index contributed by atoms with van der Waals surface area (Å²) in [6.07, 6.45) is 0. The molecule has 0 saturated heterocycles. The number of ether oxygens (including phenoxy) is 2. The van der Waals surface area contributed by atoms with E-state index in [9.17, 15) is 4.79 Å². The molecule has 1 aromatic heterocycles. The van der Waals surface area contributed by atoms with Crippen LogP contribution in [0.3, 0.4) is 0 Å². The summed E-state index contributed by atoms with van der Waals surface area (Å²) in [4.78, 5) is 19.0. The molecule has 0 fully saturated rings. The number of hydrogen-bond donors (Lipinski definition) is 0. The van der Waals surface area contributed by atoms with Gasteiger partial charge in [-0.3, -0.25) is 0 Å². The minimum Gasteiger partial charge on any atom is -0.464 e. The predicted molar refractivity (Wildman–Crippen MR) is 74.9 cm³/mol. The normalized spacial score (nSPS) is 10.2. The molecule has 0 aliphatic heterocycles. The van der Waals surface area contributed by atoms with Crippen molar-refractivity contribution < 1.29 is 14.3 Å². The molecule has 0 atom stereocenters. The van der Waals surface area contributed by atoms with Crippen molar-refractivity contribution in [1.82, 2.24) is 9.97 Å². The zero-order valence-electron chi connectivity index (χ0n) is 10.1. The van der Waals surface area contributed by atoms with E-state index in [2.05, 4.69) is 14.7 Å². The lowest BCUT2D eigenvalue weighted by Crippen LogP contribution is -2.06. The number of hydrogen-bond acceptors (Lipinski definition) is 5. The highest BCUT2D eigenvalue weighted by Crippen LogP contribution is 2.31. The van der Waals surface area contributed by atoms with Crippen molar-refractivity contribution in [2.75, 3.05) is 7.11 Å². The molecule has 2 rings (SSSR count). The van der Waals surface area contributed by atoms with E-state index < -0.39 is 5.97 Å². The molecule has 0 amide bonds. The monoisotopic (exact) mass is 332 g/mol. The quantitative estimate of drug-likeness (QED) is 0.627. The molecule has 0 radical (unpaired) electrons. The van der Waals surface area contributed by atoms with Crippen LogP contribution in [0, 0.1) is 0 Å². The molecule has 0 spiro atoms. The minimum absolute atomic E-state index is 0.0208. The lowest BCUT2D eigenvalue weighted by Gasteiger charge is -2.08. The minimum atomic E-state index is -0.652. The zero-order valence-corrected chi connectivity index (χ0v) is 12.3. The average molecular weight is 334 g/mol. The number of nitrogens with zero attached hydrogens (tertiary/aromatic N) is 2. The van der Waals surface area contributed by atoms with Gasteiger partial charge in [0.15, 0.2) is 5.69 Å². The summed E-state index contributed by atoms with van der Waals surface area (Å²) in [5.41, 5.74) is -0.0208. The van der Waals surface area contributed by atoms with Crippen molar-refractivity contribution in [1.29, 1.82) is 0 Å². The van der Waals surface area contributed by atoms with Crippen molar-refractivity contribution in [2.45, 2.75) is 0 Å². The number of aromatic nitrogens is 2. The van der Waals surface area contributed by atoms with Crippen LogP contribution in [0.15, 0.2) is 24.3 Å². The first-order chi connectivity index (χ1) is 9.49. The molecule has 0 aliphatic rings. The second kappa shape index (κ2) is 6.26. The molecule has 2 aromatic rings. The van der Waals surface area contributed by atoms with Gasteiger partial charge in [-0.15, -0.1) is 0 Å². The Labute approximate surface area is 129 Å². The summed E-state index contributed by atoms with van der Waals surface area (Å²) in [5.74, 6) is -0.266. The van der Waals surface area contributed by atoms with Crippen LogP contribution >= 0.6 is 34.8 Å². The topological polar surface area (TPSA) is 61.3 Å². The van der Waals surface area contributed by atoms with Crippen LogP contribution in [0.1, 0.15) is 10.5 Å². The Hall–Kier alpha value is -1.56. The Morgan fingerprint density at radius 3 is 2.55 bits per heavy atom. The van der Waals surface area contributed by atoms with Gasteiger partial charge < -0.3 is 9.47 Å². The summed E-state index contributed by atoms with van der Waals surface area (Å²) in [5, 5.41) is 0.623. The number of carbonyl (C=O) groups excluding carboxylic acids is 1. The maximum atomic E-state index is 11.4. The number of halogens is 3. The van der Waals surface area contributed by atoms with Gasteiger partial charge in [0.1, 0.15) is 5.75 Å². The molecule has 0 aliphatic carbocycles. The number of methoxy groups -OCH3 is 1. The van der Waals surface area contributed by atoms with Crippen LogP contribution in [0.5, 0.6) is 11.6 Å². The SMILES string of the molecule is COC(=O)c1cc(Oc2ccc(Cl)cc2Cl)nc(Cl)n1. The molecular formula is C12H7Cl3N2O3. The lowest BCUT2D eigenvalue weighted by atomic mass is 10.3. The van der Waals surface area contributed by atoms with E-state index in [0.29, 0.717) is 15.8 Å². The van der Waals surface area contributed by atoms with Crippen molar-refractivity contribution in [3.8, 4) is 11.6 Å². The van der Waals surface area contributed by atoms with Crippen molar-refractivity contribution in [2.24, 2.45) is 0 Å². The predicted octanol–water partition coefficient (Wildman–Crippen LogP) is 4.02. The Balaban J connectivity index is 2.33. The number of benzene rings is 1. The molecular weight excluding hydrogens is 327 g/mol. The summed E-state index contributed by atoms with van der Waals surface area (Å²) in [7, 11) is 1.23. The van der Waals surface area contributed by atoms with E-state index in [0.717, 1.165) is 0 Å². The fraction of sp³-hybridized carbons (Fsp3) is 0.0833. The second-order valence-electron chi connectivity index (χ2n) is 3.53. The fourth-order valence-electron chi connectivity index (χ4n) is 1.33. The van der Waals surface area contributed by atoms with Gasteiger partial charge in [0, 0.05) is 11.1 Å². The van der Waals surface area contributed by atoms with Gasteiger partial charge in [-0.25, -0.2) is 9.78 Å². The first-order valence-corrected chi connectivity index (χ1v) is 6.39. The number of esters is 1. The van der Waals surface area contributed by atoms with E-state index in [1.807, 2.05) is 0 Å². The maximum Gasteiger partial charge on any atom is 0.356 e. The molecule has 104 valence electrons.